The summed E-state index contributed by atoms with van der Waals surface area (Å²) < 4.78 is 0. The molecule has 0 spiro atoms. The maximum Gasteiger partial charge on any atom is 0.240 e. The van der Waals surface area contributed by atoms with Gasteiger partial charge in [-0.2, -0.15) is 5.06 Å². The number of allylic oxidation sites excluding steroid dienone is 3. The van der Waals surface area contributed by atoms with E-state index in [0.29, 0.717) is 17.9 Å². The standard InChI is InChI=1S/C23H38N2O4.3C2H6/c1-15-6-5-7-17(10-15)12-25-21(18(13-26)20(14-27)29-25)22(28)24-19-8-9-23(3,4)11-16(19)2;3*1-2/h6,10,16,18-21,26-27H,5,7-9,11-14H2,1-4H3,(H,24,28);3*1-2H3/t16?,18?,19-,20?,21?;;;/m0.../s1. The maximum atomic E-state index is 13.3. The van der Waals surface area contributed by atoms with Gasteiger partial charge in [0.05, 0.1) is 13.2 Å². The fourth-order valence-corrected chi connectivity index (χ4v) is 5.27. The molecule has 0 aromatic heterocycles. The highest BCUT2D eigenvalue weighted by Gasteiger charge is 2.47. The number of amides is 1. The number of nitrogens with zero attached hydrogens (tertiary/aromatic N) is 1. The molecule has 1 saturated carbocycles. The van der Waals surface area contributed by atoms with Crippen molar-refractivity contribution in [1.82, 2.24) is 10.4 Å². The number of hydrogen-bond acceptors (Lipinski definition) is 5. The van der Waals surface area contributed by atoms with Crippen LogP contribution >= 0.6 is 0 Å². The van der Waals surface area contributed by atoms with Crippen LogP contribution in [0.2, 0.25) is 0 Å². The van der Waals surface area contributed by atoms with Crippen LogP contribution in [0.4, 0.5) is 0 Å². The van der Waals surface area contributed by atoms with Crippen LogP contribution in [0.5, 0.6) is 0 Å². The summed E-state index contributed by atoms with van der Waals surface area (Å²) in [6, 6.07) is -0.449. The summed E-state index contributed by atoms with van der Waals surface area (Å²) >= 11 is 0. The Morgan fingerprint density at radius 2 is 1.77 bits per heavy atom. The van der Waals surface area contributed by atoms with E-state index in [4.69, 9.17) is 4.84 Å². The zero-order valence-electron chi connectivity index (χ0n) is 24.4. The summed E-state index contributed by atoms with van der Waals surface area (Å²) in [6.45, 7) is 21.0. The van der Waals surface area contributed by atoms with E-state index in [-0.39, 0.29) is 25.2 Å². The molecule has 0 aromatic carbocycles. The molecule has 4 unspecified atom stereocenters. The molecule has 0 bridgehead atoms. The van der Waals surface area contributed by atoms with Crippen molar-refractivity contribution in [2.75, 3.05) is 19.8 Å². The van der Waals surface area contributed by atoms with Gasteiger partial charge < -0.3 is 15.5 Å². The summed E-state index contributed by atoms with van der Waals surface area (Å²) in [4.78, 5) is 19.2. The molecule has 2 aliphatic carbocycles. The number of aliphatic hydroxyl groups is 2. The smallest absolute Gasteiger partial charge is 0.240 e. The molecular formula is C29H56N2O4. The minimum Gasteiger partial charge on any atom is -0.396 e. The number of carbonyl (C=O) groups excluding carboxylic acids is 1. The Balaban J connectivity index is 0.00000179. The number of hydrogen-bond donors (Lipinski definition) is 3. The number of nitrogens with one attached hydrogen (secondary N) is 1. The first-order valence-corrected chi connectivity index (χ1v) is 14.1. The molecule has 3 N–H and O–H groups in total. The minimum atomic E-state index is -0.591. The fraction of sp³-hybridized carbons (Fsp3) is 0.828. The van der Waals surface area contributed by atoms with E-state index < -0.39 is 18.1 Å². The topological polar surface area (TPSA) is 82.0 Å². The van der Waals surface area contributed by atoms with Gasteiger partial charge in [-0.15, -0.1) is 0 Å². The molecule has 2 fully saturated rings. The van der Waals surface area contributed by atoms with Gasteiger partial charge in [0, 0.05) is 18.5 Å². The van der Waals surface area contributed by atoms with Crippen molar-refractivity contribution in [3.8, 4) is 0 Å². The zero-order valence-corrected chi connectivity index (χ0v) is 24.4. The third kappa shape index (κ3) is 9.99. The fourth-order valence-electron chi connectivity index (χ4n) is 5.27. The molecule has 1 aliphatic heterocycles. The third-order valence-corrected chi connectivity index (χ3v) is 6.87. The summed E-state index contributed by atoms with van der Waals surface area (Å²) in [5.41, 5.74) is 2.76. The molecule has 6 nitrogen and oxygen atoms in total. The molecule has 3 rings (SSSR count). The summed E-state index contributed by atoms with van der Waals surface area (Å²) in [5.74, 6) is -0.120. The van der Waals surface area contributed by atoms with Crippen LogP contribution in [0, 0.1) is 17.3 Å². The Kier molecular flexibility index (Phi) is 16.7. The monoisotopic (exact) mass is 496 g/mol. The first kappa shape index (κ1) is 33.8. The highest BCUT2D eigenvalue weighted by atomic mass is 16.7. The van der Waals surface area contributed by atoms with Crippen LogP contribution in [-0.4, -0.2) is 59.1 Å². The summed E-state index contributed by atoms with van der Waals surface area (Å²) in [6.07, 6.45) is 8.87. The molecule has 6 heteroatoms. The van der Waals surface area contributed by atoms with Crippen LogP contribution in [0.3, 0.4) is 0 Å². The summed E-state index contributed by atoms with van der Waals surface area (Å²) in [5, 5.41) is 24.6. The molecule has 1 heterocycles. The van der Waals surface area contributed by atoms with Crippen molar-refractivity contribution in [2.45, 2.75) is 120 Å². The normalized spacial score (nSPS) is 29.7. The van der Waals surface area contributed by atoms with Crippen molar-refractivity contribution in [3.05, 3.63) is 23.3 Å². The van der Waals surface area contributed by atoms with E-state index in [1.807, 2.05) is 41.5 Å². The molecule has 3 aliphatic rings. The molecule has 0 aromatic rings. The van der Waals surface area contributed by atoms with Crippen LogP contribution in [0.25, 0.3) is 0 Å². The molecule has 35 heavy (non-hydrogen) atoms. The Morgan fingerprint density at radius 3 is 2.29 bits per heavy atom. The van der Waals surface area contributed by atoms with Gasteiger partial charge in [-0.25, -0.2) is 0 Å². The quantitative estimate of drug-likeness (QED) is 0.443. The lowest BCUT2D eigenvalue weighted by Gasteiger charge is -2.40. The summed E-state index contributed by atoms with van der Waals surface area (Å²) in [7, 11) is 0. The molecule has 0 radical (unpaired) electrons. The van der Waals surface area contributed by atoms with E-state index in [9.17, 15) is 15.0 Å². The molecule has 5 atom stereocenters. The second-order valence-corrected chi connectivity index (χ2v) is 9.98. The second kappa shape index (κ2) is 17.3. The second-order valence-electron chi connectivity index (χ2n) is 9.98. The van der Waals surface area contributed by atoms with Crippen molar-refractivity contribution < 1.29 is 19.8 Å². The van der Waals surface area contributed by atoms with Crippen LogP contribution in [-0.2, 0) is 9.63 Å². The van der Waals surface area contributed by atoms with Gasteiger partial charge in [-0.05, 0) is 50.4 Å². The van der Waals surface area contributed by atoms with Gasteiger partial charge >= 0.3 is 0 Å². The van der Waals surface area contributed by atoms with Gasteiger partial charge in [-0.1, -0.05) is 85.6 Å². The Hall–Kier alpha value is -1.21. The molecular weight excluding hydrogens is 440 g/mol. The van der Waals surface area contributed by atoms with Crippen LogP contribution < -0.4 is 5.32 Å². The van der Waals surface area contributed by atoms with E-state index in [1.165, 1.54) is 11.1 Å². The molecule has 206 valence electrons. The van der Waals surface area contributed by atoms with E-state index in [1.54, 1.807) is 5.06 Å². The maximum absolute atomic E-state index is 13.3. The number of rotatable bonds is 6. The van der Waals surface area contributed by atoms with Crippen molar-refractivity contribution in [2.24, 2.45) is 17.3 Å². The van der Waals surface area contributed by atoms with Gasteiger partial charge in [0.1, 0.15) is 12.1 Å². The van der Waals surface area contributed by atoms with Crippen molar-refractivity contribution >= 4 is 5.91 Å². The van der Waals surface area contributed by atoms with Crippen molar-refractivity contribution in [3.63, 3.8) is 0 Å². The first-order chi connectivity index (χ1) is 16.7. The van der Waals surface area contributed by atoms with E-state index in [2.05, 4.69) is 45.2 Å². The van der Waals surface area contributed by atoms with Gasteiger partial charge in [-0.3, -0.25) is 9.63 Å². The Morgan fingerprint density at radius 1 is 1.14 bits per heavy atom. The highest BCUT2D eigenvalue weighted by Crippen LogP contribution is 2.39. The molecule has 1 amide bonds. The lowest BCUT2D eigenvalue weighted by Crippen LogP contribution is -2.53. The average molecular weight is 497 g/mol. The zero-order chi connectivity index (χ0) is 27.2. The van der Waals surface area contributed by atoms with Gasteiger partial charge in [0.25, 0.3) is 0 Å². The van der Waals surface area contributed by atoms with Crippen LogP contribution in [0.1, 0.15) is 101 Å². The largest absolute Gasteiger partial charge is 0.396 e. The Bertz CT molecular complexity index is 659. The predicted molar refractivity (Wildman–Crippen MR) is 147 cm³/mol. The van der Waals surface area contributed by atoms with Gasteiger partial charge in [0.2, 0.25) is 5.91 Å². The average Bonchev–Trinajstić information content (AvgIpc) is 3.21. The highest BCUT2D eigenvalue weighted by molar-refractivity contribution is 5.82. The SMILES string of the molecule is CC.CC.CC.CC1=CCCC(CN2OC(CO)C(CO)C2C(=O)N[C@H]2CCC(C)(C)CC2C)=C1. The predicted octanol–water partition coefficient (Wildman–Crippen LogP) is 5.65. The third-order valence-electron chi connectivity index (χ3n) is 6.87. The van der Waals surface area contributed by atoms with Crippen molar-refractivity contribution in [1.29, 1.82) is 0 Å². The number of aliphatic hydroxyl groups excluding tert-OH is 2. The van der Waals surface area contributed by atoms with Crippen LogP contribution in [0.15, 0.2) is 23.3 Å². The number of carbonyl (C=O) groups is 1. The number of hydroxylamine groups is 2. The van der Waals surface area contributed by atoms with Gasteiger partial charge in [0.15, 0.2) is 0 Å². The molecule has 1 saturated heterocycles. The van der Waals surface area contributed by atoms with E-state index in [0.717, 1.165) is 32.1 Å². The lowest BCUT2D eigenvalue weighted by molar-refractivity contribution is -0.172. The Labute approximate surface area is 216 Å². The van der Waals surface area contributed by atoms with E-state index >= 15 is 0 Å². The first-order valence-electron chi connectivity index (χ1n) is 14.1. The lowest BCUT2D eigenvalue weighted by atomic mass is 9.70. The minimum absolute atomic E-state index is 0.0970.